The van der Waals surface area contributed by atoms with Gasteiger partial charge in [0.05, 0.1) is 19.0 Å². The van der Waals surface area contributed by atoms with Crippen LogP contribution in [0.4, 0.5) is 16.3 Å². The monoisotopic (exact) mass is 861 g/mol. The number of aliphatic hydroxyl groups is 3. The molecule has 330 valence electrons. The first-order valence-electron chi connectivity index (χ1n) is 19.6. The van der Waals surface area contributed by atoms with Crippen molar-refractivity contribution in [2.24, 2.45) is 0 Å². The topological polar surface area (TPSA) is 320 Å². The Morgan fingerprint density at radius 2 is 1.74 bits per heavy atom. The summed E-state index contributed by atoms with van der Waals surface area (Å²) in [5.41, 5.74) is 1.96. The Hall–Kier alpha value is -6.82. The van der Waals surface area contributed by atoms with E-state index in [1.165, 1.54) is 31.4 Å². The van der Waals surface area contributed by atoms with Crippen LogP contribution < -0.4 is 26.6 Å². The van der Waals surface area contributed by atoms with E-state index >= 15 is 0 Å². The van der Waals surface area contributed by atoms with Crippen LogP contribution in [0.3, 0.4) is 0 Å². The maximum atomic E-state index is 13.5. The average Bonchev–Trinajstić information content (AvgIpc) is 4.02. The van der Waals surface area contributed by atoms with Gasteiger partial charge in [-0.05, 0) is 50.0 Å². The number of hydrogen-bond donors (Lipinski definition) is 9. The fourth-order valence-corrected chi connectivity index (χ4v) is 6.98. The number of imidazole rings is 1. The third-order valence-electron chi connectivity index (χ3n) is 10.4. The van der Waals surface area contributed by atoms with Crippen LogP contribution in [-0.2, 0) is 44.8 Å². The number of carbonyl (C=O) groups excluding carboxylic acids is 7. The van der Waals surface area contributed by atoms with E-state index in [0.29, 0.717) is 28.8 Å². The predicted octanol–water partition coefficient (Wildman–Crippen LogP) is -1.69. The number of amides is 7. The number of anilines is 2. The van der Waals surface area contributed by atoms with Crippen molar-refractivity contribution in [2.45, 2.75) is 88.4 Å². The summed E-state index contributed by atoms with van der Waals surface area (Å²) in [6.45, 7) is 5.92. The molecular formula is C39H47N11O12. The molecule has 62 heavy (non-hydrogen) atoms. The van der Waals surface area contributed by atoms with Gasteiger partial charge in [0.25, 0.3) is 11.8 Å². The summed E-state index contributed by atoms with van der Waals surface area (Å²) in [6, 6.07) is 1.85. The summed E-state index contributed by atoms with van der Waals surface area (Å²) in [5.74, 6) is -3.39. The standard InChI is InChI=1S/C39H47N11O12/c1-19(2)28(46-25(52)12-14-50-26(53)10-11-27(50)54)37(59)44-20(3)35(57)45-22-8-6-21(7-9-22)16-61-39(60)49-13-4-5-23(49)36(58)47-29-24(15-51)62-38(32(56)31(29)55)48-34-30-33(41-17-40-30)42-18-43-34/h6-11,17-18,20,23-24,28-29,31-32,38,51,55-56H,1,4-5,12-16H2,2-3H3,(H,44,59)(H,45,57)(H,46,52)(H,47,58)(H2,40,41,42,43,48)/t20-,23+,24-,28-,29-,31+,32-,38-/m0/s1. The molecule has 6 rings (SSSR count). The Bertz CT molecular complexity index is 2210. The van der Waals surface area contributed by atoms with Crippen molar-refractivity contribution in [3.63, 3.8) is 0 Å². The normalized spacial score (nSPS) is 23.1. The lowest BCUT2D eigenvalue weighted by Gasteiger charge is -2.43. The minimum atomic E-state index is -1.59. The number of H-pyrrole nitrogens is 1. The van der Waals surface area contributed by atoms with Gasteiger partial charge in [0.15, 0.2) is 17.7 Å². The number of benzene rings is 1. The summed E-state index contributed by atoms with van der Waals surface area (Å²) in [4.78, 5) is 106. The summed E-state index contributed by atoms with van der Waals surface area (Å²) >= 11 is 0. The molecule has 0 saturated carbocycles. The summed E-state index contributed by atoms with van der Waals surface area (Å²) in [6.07, 6.45) is -0.968. The molecule has 3 aromatic rings. The molecule has 7 amide bonds. The number of fused-ring (bicyclic) bond motifs is 1. The second kappa shape index (κ2) is 19.7. The van der Waals surface area contributed by atoms with Gasteiger partial charge < -0.3 is 56.4 Å². The SMILES string of the molecule is C=C(C)[C@H](NC(=O)CCN1C(=O)C=CC1=O)C(=O)N[C@@H](C)C(=O)Nc1ccc(COC(=O)N2CCC[C@@H]2C(=O)N[C@@H]2[C@@H](O)[C@H](O)[C@@H](Nc3ncnc4nc[nH]c34)O[C@H]2CO)cc1. The lowest BCUT2D eigenvalue weighted by Crippen LogP contribution is -2.67. The van der Waals surface area contributed by atoms with Gasteiger partial charge in [-0.25, -0.2) is 19.7 Å². The van der Waals surface area contributed by atoms with E-state index in [-0.39, 0.29) is 43.9 Å². The Balaban J connectivity index is 0.949. The maximum absolute atomic E-state index is 13.5. The molecule has 5 heterocycles. The molecule has 0 spiro atoms. The molecule has 8 atom stereocenters. The molecule has 2 fully saturated rings. The molecular weight excluding hydrogens is 814 g/mol. The average molecular weight is 862 g/mol. The zero-order chi connectivity index (χ0) is 44.7. The van der Waals surface area contributed by atoms with E-state index in [2.05, 4.69) is 53.1 Å². The van der Waals surface area contributed by atoms with E-state index in [1.807, 2.05) is 0 Å². The van der Waals surface area contributed by atoms with Gasteiger partial charge in [-0.2, -0.15) is 0 Å². The fourth-order valence-electron chi connectivity index (χ4n) is 6.98. The van der Waals surface area contributed by atoms with Crippen molar-refractivity contribution in [2.75, 3.05) is 30.3 Å². The van der Waals surface area contributed by atoms with Crippen LogP contribution in [0.1, 0.15) is 38.7 Å². The summed E-state index contributed by atoms with van der Waals surface area (Å²) in [5, 5.41) is 45.3. The van der Waals surface area contributed by atoms with Crippen LogP contribution in [0, 0.1) is 0 Å². The van der Waals surface area contributed by atoms with E-state index in [0.717, 1.165) is 17.1 Å². The Morgan fingerprint density at radius 3 is 2.44 bits per heavy atom. The van der Waals surface area contributed by atoms with Gasteiger partial charge in [-0.3, -0.25) is 38.6 Å². The van der Waals surface area contributed by atoms with E-state index in [4.69, 9.17) is 9.47 Å². The second-order valence-corrected chi connectivity index (χ2v) is 14.8. The highest BCUT2D eigenvalue weighted by molar-refractivity contribution is 6.13. The van der Waals surface area contributed by atoms with Crippen LogP contribution in [-0.4, -0.2) is 155 Å². The van der Waals surface area contributed by atoms with Gasteiger partial charge in [0.1, 0.15) is 54.9 Å². The van der Waals surface area contributed by atoms with Crippen LogP contribution in [0.2, 0.25) is 0 Å². The minimum absolute atomic E-state index is 0.174. The van der Waals surface area contributed by atoms with E-state index < -0.39 is 96.9 Å². The number of carbonyl (C=O) groups is 7. The van der Waals surface area contributed by atoms with Crippen molar-refractivity contribution >= 4 is 64.2 Å². The molecule has 23 nitrogen and oxygen atoms in total. The number of imide groups is 1. The number of aromatic nitrogens is 4. The third-order valence-corrected chi connectivity index (χ3v) is 10.4. The van der Waals surface area contributed by atoms with Crippen molar-refractivity contribution < 1.29 is 58.4 Å². The highest BCUT2D eigenvalue weighted by atomic mass is 16.6. The summed E-state index contributed by atoms with van der Waals surface area (Å²) in [7, 11) is 0. The lowest BCUT2D eigenvalue weighted by atomic mass is 9.95. The Kier molecular flexibility index (Phi) is 14.2. The van der Waals surface area contributed by atoms with Gasteiger partial charge in [0.2, 0.25) is 23.6 Å². The molecule has 2 saturated heterocycles. The number of hydrogen-bond acceptors (Lipinski definition) is 16. The van der Waals surface area contributed by atoms with Crippen LogP contribution in [0.25, 0.3) is 11.2 Å². The van der Waals surface area contributed by atoms with Crippen LogP contribution in [0.5, 0.6) is 0 Å². The largest absolute Gasteiger partial charge is 0.445 e. The van der Waals surface area contributed by atoms with Gasteiger partial charge >= 0.3 is 6.09 Å². The van der Waals surface area contributed by atoms with E-state index in [9.17, 15) is 48.9 Å². The molecule has 3 aliphatic heterocycles. The molecule has 1 aromatic carbocycles. The molecule has 3 aliphatic rings. The Morgan fingerprint density at radius 1 is 1.02 bits per heavy atom. The number of aliphatic hydroxyl groups excluding tert-OH is 3. The van der Waals surface area contributed by atoms with Crippen molar-refractivity contribution in [3.05, 3.63) is 66.8 Å². The highest BCUT2D eigenvalue weighted by Crippen LogP contribution is 2.26. The molecule has 0 aliphatic carbocycles. The highest BCUT2D eigenvalue weighted by Gasteiger charge is 2.47. The first-order chi connectivity index (χ1) is 29.6. The van der Waals surface area contributed by atoms with Crippen LogP contribution in [0.15, 0.2) is 61.2 Å². The molecule has 0 unspecified atom stereocenters. The molecule has 9 N–H and O–H groups in total. The number of nitrogens with one attached hydrogen (secondary N) is 6. The van der Waals surface area contributed by atoms with Crippen LogP contribution >= 0.6 is 0 Å². The minimum Gasteiger partial charge on any atom is -0.445 e. The predicted molar refractivity (Wildman–Crippen MR) is 215 cm³/mol. The summed E-state index contributed by atoms with van der Waals surface area (Å²) < 4.78 is 11.3. The van der Waals surface area contributed by atoms with Crippen molar-refractivity contribution in [1.29, 1.82) is 0 Å². The van der Waals surface area contributed by atoms with Gasteiger partial charge in [-0.1, -0.05) is 18.7 Å². The number of nitrogens with zero attached hydrogens (tertiary/aromatic N) is 5. The fraction of sp³-hybridized carbons (Fsp3) is 0.436. The van der Waals surface area contributed by atoms with Gasteiger partial charge in [0, 0.05) is 37.3 Å². The smallest absolute Gasteiger partial charge is 0.410 e. The van der Waals surface area contributed by atoms with E-state index in [1.54, 1.807) is 24.3 Å². The number of ether oxygens (including phenoxy) is 2. The molecule has 2 aromatic heterocycles. The quantitative estimate of drug-likeness (QED) is 0.0573. The molecule has 0 bridgehead atoms. The zero-order valence-electron chi connectivity index (χ0n) is 33.6. The van der Waals surface area contributed by atoms with Crippen molar-refractivity contribution in [1.82, 2.24) is 45.7 Å². The Labute approximate surface area is 353 Å². The zero-order valence-corrected chi connectivity index (χ0v) is 33.6. The number of likely N-dealkylation sites (tertiary alicyclic amines) is 1. The number of aromatic amines is 1. The first-order valence-corrected chi connectivity index (χ1v) is 19.6. The second-order valence-electron chi connectivity index (χ2n) is 14.8. The lowest BCUT2D eigenvalue weighted by molar-refractivity contribution is -0.185. The first kappa shape index (κ1) is 44.7. The van der Waals surface area contributed by atoms with Gasteiger partial charge in [-0.15, -0.1) is 0 Å². The third kappa shape index (κ3) is 10.4. The maximum Gasteiger partial charge on any atom is 0.410 e. The molecule has 0 radical (unpaired) electrons. The van der Waals surface area contributed by atoms with Crippen molar-refractivity contribution in [3.8, 4) is 0 Å². The number of rotatable bonds is 16. The molecule has 23 heteroatoms.